The lowest BCUT2D eigenvalue weighted by Crippen LogP contribution is -1.92. The van der Waals surface area contributed by atoms with Gasteiger partial charge in [0.25, 0.3) is 0 Å². The summed E-state index contributed by atoms with van der Waals surface area (Å²) in [5.74, 6) is 1.77. The van der Waals surface area contributed by atoms with Gasteiger partial charge in [-0.2, -0.15) is 4.98 Å². The van der Waals surface area contributed by atoms with Gasteiger partial charge in [0.2, 0.25) is 5.89 Å². The van der Waals surface area contributed by atoms with Crippen LogP contribution in [0.2, 0.25) is 0 Å². The zero-order valence-corrected chi connectivity index (χ0v) is 13.6. The highest BCUT2D eigenvalue weighted by Crippen LogP contribution is 2.30. The van der Waals surface area contributed by atoms with Crippen molar-refractivity contribution < 1.29 is 8.91 Å². The van der Waals surface area contributed by atoms with E-state index in [1.807, 2.05) is 42.5 Å². The summed E-state index contributed by atoms with van der Waals surface area (Å²) in [6.45, 7) is 2.09. The number of rotatable bonds is 6. The molecule has 0 aliphatic heterocycles. The first kappa shape index (κ1) is 15.7. The van der Waals surface area contributed by atoms with Gasteiger partial charge in [-0.15, -0.1) is 11.8 Å². The summed E-state index contributed by atoms with van der Waals surface area (Å²) in [6, 6.07) is 16.6. The lowest BCUT2D eigenvalue weighted by atomic mass is 10.1. The molecule has 1 heterocycles. The molecule has 0 saturated heterocycles. The Balaban J connectivity index is 1.55. The molecule has 3 nitrogen and oxygen atoms in total. The second kappa shape index (κ2) is 7.42. The fourth-order valence-electron chi connectivity index (χ4n) is 2.22. The SMILES string of the molecule is CC(SCc1noc(Cc2ccccc2)n1)c1ccc(F)cc1. The minimum absolute atomic E-state index is 0.213. The predicted octanol–water partition coefficient (Wildman–Crippen LogP) is 4.79. The molecule has 0 bridgehead atoms. The van der Waals surface area contributed by atoms with Crippen LogP contribution in [0.15, 0.2) is 59.1 Å². The number of hydrogen-bond acceptors (Lipinski definition) is 4. The third kappa shape index (κ3) is 4.42. The Morgan fingerprint density at radius 2 is 1.83 bits per heavy atom. The van der Waals surface area contributed by atoms with Crippen molar-refractivity contribution >= 4 is 11.8 Å². The van der Waals surface area contributed by atoms with Crippen molar-refractivity contribution in [3.63, 3.8) is 0 Å². The summed E-state index contributed by atoms with van der Waals surface area (Å²) in [7, 11) is 0. The highest BCUT2D eigenvalue weighted by molar-refractivity contribution is 7.98. The van der Waals surface area contributed by atoms with Gasteiger partial charge in [-0.25, -0.2) is 4.39 Å². The Kier molecular flexibility index (Phi) is 5.08. The Morgan fingerprint density at radius 1 is 1.09 bits per heavy atom. The van der Waals surface area contributed by atoms with Gasteiger partial charge in [0.15, 0.2) is 5.82 Å². The van der Waals surface area contributed by atoms with E-state index in [0.717, 1.165) is 11.1 Å². The molecule has 0 N–H and O–H groups in total. The second-order valence-electron chi connectivity index (χ2n) is 5.27. The van der Waals surface area contributed by atoms with Gasteiger partial charge in [0.1, 0.15) is 5.82 Å². The van der Waals surface area contributed by atoms with Crippen LogP contribution in [-0.4, -0.2) is 10.1 Å². The van der Waals surface area contributed by atoms with E-state index in [-0.39, 0.29) is 11.1 Å². The van der Waals surface area contributed by atoms with Gasteiger partial charge in [-0.3, -0.25) is 0 Å². The first-order valence-electron chi connectivity index (χ1n) is 7.43. The number of halogens is 1. The van der Waals surface area contributed by atoms with Crippen molar-refractivity contribution in [1.29, 1.82) is 0 Å². The maximum Gasteiger partial charge on any atom is 0.231 e. The van der Waals surface area contributed by atoms with Crippen LogP contribution < -0.4 is 0 Å². The Morgan fingerprint density at radius 3 is 2.57 bits per heavy atom. The molecule has 2 aromatic carbocycles. The minimum atomic E-state index is -0.213. The van der Waals surface area contributed by atoms with E-state index in [0.29, 0.717) is 23.9 Å². The minimum Gasteiger partial charge on any atom is -0.339 e. The molecule has 1 unspecified atom stereocenters. The van der Waals surface area contributed by atoms with Gasteiger partial charge in [0, 0.05) is 5.25 Å². The summed E-state index contributed by atoms with van der Waals surface area (Å²) in [5, 5.41) is 4.27. The topological polar surface area (TPSA) is 38.9 Å². The summed E-state index contributed by atoms with van der Waals surface area (Å²) in [4.78, 5) is 4.43. The maximum absolute atomic E-state index is 12.9. The Hall–Kier alpha value is -2.14. The molecule has 3 rings (SSSR count). The highest BCUT2D eigenvalue weighted by atomic mass is 32.2. The zero-order chi connectivity index (χ0) is 16.1. The molecular formula is C18H17FN2OS. The molecule has 0 amide bonds. The smallest absolute Gasteiger partial charge is 0.231 e. The van der Waals surface area contributed by atoms with Crippen LogP contribution in [0, 0.1) is 5.82 Å². The molecular weight excluding hydrogens is 311 g/mol. The van der Waals surface area contributed by atoms with Gasteiger partial charge in [0.05, 0.1) is 12.2 Å². The van der Waals surface area contributed by atoms with E-state index in [9.17, 15) is 4.39 Å². The van der Waals surface area contributed by atoms with E-state index in [4.69, 9.17) is 4.52 Å². The summed E-state index contributed by atoms with van der Waals surface area (Å²) < 4.78 is 18.2. The first-order valence-corrected chi connectivity index (χ1v) is 8.48. The van der Waals surface area contributed by atoms with Crippen LogP contribution in [0.1, 0.15) is 35.0 Å². The molecule has 0 radical (unpaired) electrons. The van der Waals surface area contributed by atoms with Crippen molar-refractivity contribution in [3.05, 3.63) is 83.3 Å². The van der Waals surface area contributed by atoms with Crippen molar-refractivity contribution in [2.75, 3.05) is 0 Å². The summed E-state index contributed by atoms with van der Waals surface area (Å²) in [5.41, 5.74) is 2.24. The van der Waals surface area contributed by atoms with Crippen molar-refractivity contribution in [3.8, 4) is 0 Å². The lowest BCUT2D eigenvalue weighted by Gasteiger charge is -2.09. The van der Waals surface area contributed by atoms with Gasteiger partial charge in [-0.05, 0) is 30.2 Å². The normalized spacial score (nSPS) is 12.3. The molecule has 3 aromatic rings. The molecule has 0 spiro atoms. The average molecular weight is 328 g/mol. The number of thioether (sulfide) groups is 1. The molecule has 23 heavy (non-hydrogen) atoms. The summed E-state index contributed by atoms with van der Waals surface area (Å²) in [6.07, 6.45) is 0.645. The molecule has 0 aliphatic carbocycles. The van der Waals surface area contributed by atoms with Gasteiger partial charge >= 0.3 is 0 Å². The van der Waals surface area contributed by atoms with Crippen LogP contribution in [-0.2, 0) is 12.2 Å². The first-order chi connectivity index (χ1) is 11.2. The van der Waals surface area contributed by atoms with Crippen LogP contribution in [0.3, 0.4) is 0 Å². The molecule has 1 aromatic heterocycles. The number of nitrogens with zero attached hydrogens (tertiary/aromatic N) is 2. The Labute approximate surface area is 138 Å². The number of hydrogen-bond donors (Lipinski definition) is 0. The monoisotopic (exact) mass is 328 g/mol. The van der Waals surface area contributed by atoms with E-state index < -0.39 is 0 Å². The fraction of sp³-hybridized carbons (Fsp3) is 0.222. The quantitative estimate of drug-likeness (QED) is 0.652. The van der Waals surface area contributed by atoms with Crippen molar-refractivity contribution in [2.24, 2.45) is 0 Å². The average Bonchev–Trinajstić information content (AvgIpc) is 3.02. The van der Waals surface area contributed by atoms with Crippen LogP contribution >= 0.6 is 11.8 Å². The summed E-state index contributed by atoms with van der Waals surface area (Å²) >= 11 is 1.70. The van der Waals surface area contributed by atoms with Crippen molar-refractivity contribution in [2.45, 2.75) is 24.3 Å². The molecule has 5 heteroatoms. The molecule has 0 fully saturated rings. The van der Waals surface area contributed by atoms with Gasteiger partial charge < -0.3 is 4.52 Å². The molecule has 0 aliphatic rings. The predicted molar refractivity (Wildman–Crippen MR) is 89.7 cm³/mol. The van der Waals surface area contributed by atoms with Crippen LogP contribution in [0.4, 0.5) is 4.39 Å². The fourth-order valence-corrected chi connectivity index (χ4v) is 3.09. The molecule has 0 saturated carbocycles. The van der Waals surface area contributed by atoms with E-state index in [1.54, 1.807) is 11.8 Å². The lowest BCUT2D eigenvalue weighted by molar-refractivity contribution is 0.381. The van der Waals surface area contributed by atoms with E-state index >= 15 is 0 Å². The highest BCUT2D eigenvalue weighted by Gasteiger charge is 2.11. The number of aromatic nitrogens is 2. The van der Waals surface area contributed by atoms with Crippen LogP contribution in [0.5, 0.6) is 0 Å². The zero-order valence-electron chi connectivity index (χ0n) is 12.8. The van der Waals surface area contributed by atoms with E-state index in [1.165, 1.54) is 12.1 Å². The largest absolute Gasteiger partial charge is 0.339 e. The second-order valence-corrected chi connectivity index (χ2v) is 6.60. The van der Waals surface area contributed by atoms with Crippen LogP contribution in [0.25, 0.3) is 0 Å². The number of benzene rings is 2. The van der Waals surface area contributed by atoms with Gasteiger partial charge in [-0.1, -0.05) is 47.6 Å². The molecule has 118 valence electrons. The third-order valence-corrected chi connectivity index (χ3v) is 4.71. The van der Waals surface area contributed by atoms with Crippen molar-refractivity contribution in [1.82, 2.24) is 10.1 Å². The third-order valence-electron chi connectivity index (χ3n) is 3.51. The molecule has 1 atom stereocenters. The van der Waals surface area contributed by atoms with E-state index in [2.05, 4.69) is 17.1 Å². The Bertz CT molecular complexity index is 743. The standard InChI is InChI=1S/C18H17FN2OS/c1-13(15-7-9-16(19)10-8-15)23-12-17-20-18(22-21-17)11-14-5-3-2-4-6-14/h2-10,13H,11-12H2,1H3. The maximum atomic E-state index is 12.9.